The molecule has 1 saturated carbocycles. The molecular formula is C12H14N2O4. The highest BCUT2D eigenvalue weighted by Gasteiger charge is 2.32. The van der Waals surface area contributed by atoms with Crippen molar-refractivity contribution in [3.05, 3.63) is 33.9 Å². The summed E-state index contributed by atoms with van der Waals surface area (Å²) in [5, 5.41) is 22.9. The number of anilines is 1. The Bertz CT molecular complexity index is 509. The number of rotatable bonds is 4. The lowest BCUT2D eigenvalue weighted by Gasteiger charge is -2.40. The van der Waals surface area contributed by atoms with Gasteiger partial charge in [0, 0.05) is 17.7 Å². The zero-order chi connectivity index (χ0) is 13.3. The minimum absolute atomic E-state index is 0.0636. The maximum Gasteiger partial charge on any atom is 0.337 e. The topological polar surface area (TPSA) is 92.5 Å². The first-order chi connectivity index (χ1) is 8.41. The Balaban J connectivity index is 2.37. The van der Waals surface area contributed by atoms with Crippen LogP contribution in [0.4, 0.5) is 11.4 Å². The highest BCUT2D eigenvalue weighted by molar-refractivity contribution is 5.95. The summed E-state index contributed by atoms with van der Waals surface area (Å²) >= 11 is 0. The van der Waals surface area contributed by atoms with E-state index in [9.17, 15) is 14.9 Å². The minimum atomic E-state index is -1.09. The fraction of sp³-hybridized carbons (Fsp3) is 0.417. The van der Waals surface area contributed by atoms with Crippen LogP contribution in [0.5, 0.6) is 0 Å². The van der Waals surface area contributed by atoms with E-state index in [4.69, 9.17) is 5.11 Å². The van der Waals surface area contributed by atoms with Crippen LogP contribution in [0.1, 0.15) is 36.5 Å². The summed E-state index contributed by atoms with van der Waals surface area (Å²) in [5.41, 5.74) is 0.123. The average molecular weight is 250 g/mol. The molecule has 0 bridgehead atoms. The van der Waals surface area contributed by atoms with Gasteiger partial charge in [-0.3, -0.25) is 10.1 Å². The second-order valence-electron chi connectivity index (χ2n) is 4.83. The van der Waals surface area contributed by atoms with Crippen LogP contribution >= 0.6 is 0 Å². The fourth-order valence-electron chi connectivity index (χ4n) is 2.09. The number of nitro groups is 1. The molecule has 0 spiro atoms. The standard InChI is InChI=1S/C12H14N2O4/c1-12(5-2-6-12)13-10-7-8(14(17)18)3-4-9(10)11(15)16/h3-4,7,13H,2,5-6H2,1H3,(H,15,16). The quantitative estimate of drug-likeness (QED) is 0.633. The normalized spacial score (nSPS) is 16.7. The zero-order valence-corrected chi connectivity index (χ0v) is 9.97. The fourth-order valence-corrected chi connectivity index (χ4v) is 2.09. The number of benzene rings is 1. The van der Waals surface area contributed by atoms with Gasteiger partial charge < -0.3 is 10.4 Å². The van der Waals surface area contributed by atoms with Gasteiger partial charge in [-0.1, -0.05) is 0 Å². The maximum atomic E-state index is 11.1. The number of nitro benzene ring substituents is 1. The molecule has 0 atom stereocenters. The van der Waals surface area contributed by atoms with Crippen molar-refractivity contribution in [1.29, 1.82) is 0 Å². The highest BCUT2D eigenvalue weighted by atomic mass is 16.6. The van der Waals surface area contributed by atoms with Gasteiger partial charge in [-0.05, 0) is 32.3 Å². The molecule has 1 aliphatic rings. The second kappa shape index (κ2) is 4.29. The monoisotopic (exact) mass is 250 g/mol. The van der Waals surface area contributed by atoms with Gasteiger partial charge in [-0.25, -0.2) is 4.79 Å². The van der Waals surface area contributed by atoms with E-state index in [0.29, 0.717) is 5.69 Å². The number of nitrogens with zero attached hydrogens (tertiary/aromatic N) is 1. The second-order valence-corrected chi connectivity index (χ2v) is 4.83. The van der Waals surface area contributed by atoms with Crippen molar-refractivity contribution in [2.45, 2.75) is 31.7 Å². The third kappa shape index (κ3) is 2.27. The molecule has 0 saturated heterocycles. The van der Waals surface area contributed by atoms with E-state index in [1.165, 1.54) is 18.2 Å². The first kappa shape index (κ1) is 12.3. The first-order valence-electron chi connectivity index (χ1n) is 5.71. The van der Waals surface area contributed by atoms with Crippen molar-refractivity contribution in [3.8, 4) is 0 Å². The van der Waals surface area contributed by atoms with E-state index in [-0.39, 0.29) is 16.8 Å². The molecule has 0 amide bonds. The van der Waals surface area contributed by atoms with Crippen molar-refractivity contribution in [2.24, 2.45) is 0 Å². The van der Waals surface area contributed by atoms with Gasteiger partial charge in [-0.2, -0.15) is 0 Å². The van der Waals surface area contributed by atoms with Crippen LogP contribution in [0.15, 0.2) is 18.2 Å². The Morgan fingerprint density at radius 3 is 2.61 bits per heavy atom. The number of nitrogens with one attached hydrogen (secondary N) is 1. The van der Waals surface area contributed by atoms with Crippen molar-refractivity contribution in [3.63, 3.8) is 0 Å². The van der Waals surface area contributed by atoms with Crippen LogP contribution < -0.4 is 5.32 Å². The van der Waals surface area contributed by atoms with E-state index >= 15 is 0 Å². The molecule has 1 aliphatic carbocycles. The van der Waals surface area contributed by atoms with E-state index in [2.05, 4.69) is 5.32 Å². The van der Waals surface area contributed by atoms with Crippen molar-refractivity contribution >= 4 is 17.3 Å². The molecule has 0 unspecified atom stereocenters. The first-order valence-corrected chi connectivity index (χ1v) is 5.71. The molecule has 1 fully saturated rings. The van der Waals surface area contributed by atoms with Crippen LogP contribution in [-0.2, 0) is 0 Å². The molecule has 0 heterocycles. The van der Waals surface area contributed by atoms with Crippen LogP contribution in [0.25, 0.3) is 0 Å². The summed E-state index contributed by atoms with van der Waals surface area (Å²) in [5.74, 6) is -1.09. The largest absolute Gasteiger partial charge is 0.478 e. The number of aromatic carboxylic acids is 1. The molecule has 2 rings (SSSR count). The van der Waals surface area contributed by atoms with E-state index < -0.39 is 10.9 Å². The maximum absolute atomic E-state index is 11.1. The Hall–Kier alpha value is -2.11. The lowest BCUT2D eigenvalue weighted by molar-refractivity contribution is -0.384. The van der Waals surface area contributed by atoms with Gasteiger partial charge in [0.2, 0.25) is 0 Å². The number of hydrogen-bond acceptors (Lipinski definition) is 4. The van der Waals surface area contributed by atoms with Crippen LogP contribution in [0.2, 0.25) is 0 Å². The predicted molar refractivity (Wildman–Crippen MR) is 65.9 cm³/mol. The zero-order valence-electron chi connectivity index (χ0n) is 9.97. The summed E-state index contributed by atoms with van der Waals surface area (Å²) in [6.45, 7) is 1.99. The molecule has 1 aromatic carbocycles. The third-order valence-electron chi connectivity index (χ3n) is 3.34. The summed E-state index contributed by atoms with van der Waals surface area (Å²) in [4.78, 5) is 21.3. The van der Waals surface area contributed by atoms with E-state index in [1.807, 2.05) is 6.92 Å². The smallest absolute Gasteiger partial charge is 0.337 e. The van der Waals surface area contributed by atoms with Gasteiger partial charge in [0.25, 0.3) is 5.69 Å². The number of carboxylic acids is 1. The third-order valence-corrected chi connectivity index (χ3v) is 3.34. The number of hydrogen-bond donors (Lipinski definition) is 2. The van der Waals surface area contributed by atoms with E-state index in [1.54, 1.807) is 0 Å². The summed E-state index contributed by atoms with van der Waals surface area (Å²) < 4.78 is 0. The van der Waals surface area contributed by atoms with Crippen molar-refractivity contribution in [2.75, 3.05) is 5.32 Å². The number of carboxylic acid groups (broad SMARTS) is 1. The molecule has 2 N–H and O–H groups in total. The van der Waals surface area contributed by atoms with Crippen LogP contribution in [0.3, 0.4) is 0 Å². The van der Waals surface area contributed by atoms with Gasteiger partial charge in [0.15, 0.2) is 0 Å². The molecule has 0 radical (unpaired) electrons. The molecule has 6 heteroatoms. The highest BCUT2D eigenvalue weighted by Crippen LogP contribution is 2.36. The molecule has 18 heavy (non-hydrogen) atoms. The lowest BCUT2D eigenvalue weighted by Crippen LogP contribution is -2.42. The molecule has 0 aliphatic heterocycles. The molecule has 6 nitrogen and oxygen atoms in total. The average Bonchev–Trinajstić information content (AvgIpc) is 2.26. The summed E-state index contributed by atoms with van der Waals surface area (Å²) in [7, 11) is 0. The minimum Gasteiger partial charge on any atom is -0.478 e. The predicted octanol–water partition coefficient (Wildman–Crippen LogP) is 2.65. The summed E-state index contributed by atoms with van der Waals surface area (Å²) in [6.07, 6.45) is 2.96. The van der Waals surface area contributed by atoms with Gasteiger partial charge in [-0.15, -0.1) is 0 Å². The van der Waals surface area contributed by atoms with Crippen molar-refractivity contribution in [1.82, 2.24) is 0 Å². The van der Waals surface area contributed by atoms with Gasteiger partial charge in [0.05, 0.1) is 16.2 Å². The molecule has 1 aromatic rings. The van der Waals surface area contributed by atoms with Crippen LogP contribution in [-0.4, -0.2) is 21.5 Å². The summed E-state index contributed by atoms with van der Waals surface area (Å²) in [6, 6.07) is 3.76. The molecular weight excluding hydrogens is 236 g/mol. The molecule has 0 aromatic heterocycles. The van der Waals surface area contributed by atoms with Crippen molar-refractivity contribution < 1.29 is 14.8 Å². The van der Waals surface area contributed by atoms with Gasteiger partial charge in [0.1, 0.15) is 0 Å². The van der Waals surface area contributed by atoms with Crippen LogP contribution in [0, 0.1) is 10.1 Å². The van der Waals surface area contributed by atoms with Gasteiger partial charge >= 0.3 is 5.97 Å². The Morgan fingerprint density at radius 2 is 2.17 bits per heavy atom. The lowest BCUT2D eigenvalue weighted by atomic mass is 9.78. The van der Waals surface area contributed by atoms with E-state index in [0.717, 1.165) is 19.3 Å². The SMILES string of the molecule is CC1(Nc2cc([N+](=O)[O-])ccc2C(=O)O)CCC1. The number of carbonyl (C=O) groups is 1. The number of non-ortho nitro benzene ring substituents is 1. The Morgan fingerprint density at radius 1 is 1.50 bits per heavy atom. The Labute approximate surface area is 104 Å². The Kier molecular flexibility index (Phi) is 2.94. The molecule has 96 valence electrons.